The van der Waals surface area contributed by atoms with Gasteiger partial charge in [-0.05, 0) is 43.7 Å². The summed E-state index contributed by atoms with van der Waals surface area (Å²) in [7, 11) is 0. The van der Waals surface area contributed by atoms with Crippen LogP contribution in [0.15, 0.2) is 66.4 Å². The average molecular weight is 404 g/mol. The van der Waals surface area contributed by atoms with E-state index in [1.807, 2.05) is 49.8 Å². The van der Waals surface area contributed by atoms with Crippen LogP contribution >= 0.6 is 11.3 Å². The molecule has 0 aliphatic carbocycles. The lowest BCUT2D eigenvalue weighted by molar-refractivity contribution is 0.0939. The maximum atomic E-state index is 12.1. The molecule has 0 unspecified atom stereocenters. The number of carbonyl (C=O) groups excluding carboxylic acids is 1. The van der Waals surface area contributed by atoms with Crippen LogP contribution in [-0.4, -0.2) is 26.9 Å². The summed E-state index contributed by atoms with van der Waals surface area (Å²) in [6.07, 6.45) is 5.40. The van der Waals surface area contributed by atoms with Crippen molar-refractivity contribution in [2.75, 3.05) is 5.32 Å². The molecule has 0 radical (unpaired) electrons. The molecule has 0 spiro atoms. The van der Waals surface area contributed by atoms with Gasteiger partial charge in [0.1, 0.15) is 16.5 Å². The van der Waals surface area contributed by atoms with Gasteiger partial charge in [0, 0.05) is 34.9 Å². The van der Waals surface area contributed by atoms with Crippen molar-refractivity contribution in [2.45, 2.75) is 19.9 Å². The number of benzene rings is 1. The molecule has 4 rings (SSSR count). The summed E-state index contributed by atoms with van der Waals surface area (Å²) in [4.78, 5) is 23.9. The van der Waals surface area contributed by atoms with Crippen LogP contribution in [0.3, 0.4) is 0 Å². The Morgan fingerprint density at radius 2 is 1.93 bits per heavy atom. The zero-order valence-corrected chi connectivity index (χ0v) is 17.0. The summed E-state index contributed by atoms with van der Waals surface area (Å²) >= 11 is 1.62. The Bertz CT molecular complexity index is 1120. The van der Waals surface area contributed by atoms with E-state index in [1.54, 1.807) is 23.6 Å². The molecule has 0 aliphatic heterocycles. The zero-order chi connectivity index (χ0) is 20.2. The molecule has 29 heavy (non-hydrogen) atoms. The molecule has 0 saturated carbocycles. The van der Waals surface area contributed by atoms with E-state index in [4.69, 9.17) is 0 Å². The monoisotopic (exact) mass is 403 g/mol. The number of anilines is 2. The fourth-order valence-corrected chi connectivity index (χ4v) is 3.60. The van der Waals surface area contributed by atoms with E-state index < -0.39 is 0 Å². The molecule has 3 aromatic heterocycles. The number of aromatic nitrogens is 3. The molecule has 0 saturated heterocycles. The molecule has 1 amide bonds. The Hall–Kier alpha value is -3.45. The molecule has 3 N–H and O–H groups in total. The summed E-state index contributed by atoms with van der Waals surface area (Å²) < 4.78 is 0. The molecule has 6 nitrogen and oxygen atoms in total. The lowest BCUT2D eigenvalue weighted by Crippen LogP contribution is -2.30. The molecular formula is C22H21N5OS. The fourth-order valence-electron chi connectivity index (χ4n) is 2.96. The van der Waals surface area contributed by atoms with Gasteiger partial charge in [0.2, 0.25) is 0 Å². The second kappa shape index (κ2) is 8.28. The molecule has 0 bridgehead atoms. The third-order valence-electron chi connectivity index (χ3n) is 4.24. The number of aromatic amines is 1. The molecule has 4 aromatic rings. The second-order valence-corrected chi connectivity index (χ2v) is 7.81. The van der Waals surface area contributed by atoms with Crippen LogP contribution in [0.1, 0.15) is 24.3 Å². The standard InChI is InChI=1S/C22H21N5OS/c1-14(2)25-21(28)19-6-7-20(27-19)26-18-11-17(12-23-13-18)15-4-3-5-16(10-15)22-24-8-9-29-22/h3-14,26-27H,1-2H3,(H,25,28). The smallest absolute Gasteiger partial charge is 0.267 e. The lowest BCUT2D eigenvalue weighted by Gasteiger charge is -2.08. The maximum absolute atomic E-state index is 12.1. The van der Waals surface area contributed by atoms with Crippen molar-refractivity contribution in [3.63, 3.8) is 0 Å². The van der Waals surface area contributed by atoms with Gasteiger partial charge < -0.3 is 15.6 Å². The third kappa shape index (κ3) is 4.52. The number of hydrogen-bond donors (Lipinski definition) is 3. The Morgan fingerprint density at radius 1 is 1.07 bits per heavy atom. The van der Waals surface area contributed by atoms with E-state index in [9.17, 15) is 4.79 Å². The molecule has 0 aliphatic rings. The Kier molecular flexibility index (Phi) is 5.39. The first-order valence-corrected chi connectivity index (χ1v) is 10.2. The Morgan fingerprint density at radius 3 is 2.72 bits per heavy atom. The van der Waals surface area contributed by atoms with Crippen LogP contribution in [0.4, 0.5) is 11.5 Å². The van der Waals surface area contributed by atoms with Crippen LogP contribution in [0.5, 0.6) is 0 Å². The minimum absolute atomic E-state index is 0.0863. The first-order chi connectivity index (χ1) is 14.1. The number of H-pyrrole nitrogens is 1. The van der Waals surface area contributed by atoms with Crippen molar-refractivity contribution in [1.82, 2.24) is 20.3 Å². The fraction of sp³-hybridized carbons (Fsp3) is 0.136. The maximum Gasteiger partial charge on any atom is 0.267 e. The minimum Gasteiger partial charge on any atom is -0.349 e. The van der Waals surface area contributed by atoms with E-state index in [0.29, 0.717) is 5.69 Å². The van der Waals surface area contributed by atoms with Crippen molar-refractivity contribution in [3.05, 3.63) is 72.1 Å². The first-order valence-electron chi connectivity index (χ1n) is 9.31. The van der Waals surface area contributed by atoms with E-state index >= 15 is 0 Å². The highest BCUT2D eigenvalue weighted by Gasteiger charge is 2.10. The summed E-state index contributed by atoms with van der Waals surface area (Å²) in [5, 5.41) is 9.11. The summed E-state index contributed by atoms with van der Waals surface area (Å²) in [5.74, 6) is 0.605. The third-order valence-corrected chi connectivity index (χ3v) is 5.06. The van der Waals surface area contributed by atoms with Gasteiger partial charge in [-0.25, -0.2) is 4.98 Å². The van der Waals surface area contributed by atoms with Gasteiger partial charge in [0.15, 0.2) is 0 Å². The largest absolute Gasteiger partial charge is 0.349 e. The summed E-state index contributed by atoms with van der Waals surface area (Å²) in [6.45, 7) is 3.86. The summed E-state index contributed by atoms with van der Waals surface area (Å²) in [5.41, 5.74) is 4.50. The van der Waals surface area contributed by atoms with E-state index in [2.05, 4.69) is 43.8 Å². The van der Waals surface area contributed by atoms with Crippen LogP contribution in [0, 0.1) is 0 Å². The molecule has 1 aromatic carbocycles. The lowest BCUT2D eigenvalue weighted by atomic mass is 10.0. The highest BCUT2D eigenvalue weighted by Crippen LogP contribution is 2.28. The number of nitrogens with one attached hydrogen (secondary N) is 3. The highest BCUT2D eigenvalue weighted by atomic mass is 32.1. The number of carbonyl (C=O) groups is 1. The van der Waals surface area contributed by atoms with E-state index in [1.165, 1.54) is 0 Å². The van der Waals surface area contributed by atoms with Crippen molar-refractivity contribution in [2.24, 2.45) is 0 Å². The zero-order valence-electron chi connectivity index (χ0n) is 16.1. The number of nitrogens with zero attached hydrogens (tertiary/aromatic N) is 2. The second-order valence-electron chi connectivity index (χ2n) is 6.92. The molecule has 0 fully saturated rings. The SMILES string of the molecule is CC(C)NC(=O)c1ccc(Nc2cncc(-c3cccc(-c4nccs4)c3)c2)[nH]1. The topological polar surface area (TPSA) is 82.7 Å². The molecule has 3 heterocycles. The van der Waals surface area contributed by atoms with Gasteiger partial charge >= 0.3 is 0 Å². The normalized spacial score (nSPS) is 10.9. The predicted molar refractivity (Wildman–Crippen MR) is 117 cm³/mol. The van der Waals surface area contributed by atoms with Crippen molar-refractivity contribution in [1.29, 1.82) is 0 Å². The molecule has 0 atom stereocenters. The molecule has 7 heteroatoms. The van der Waals surface area contributed by atoms with Gasteiger partial charge in [0.25, 0.3) is 5.91 Å². The van der Waals surface area contributed by atoms with Crippen LogP contribution in [0.2, 0.25) is 0 Å². The average Bonchev–Trinajstić information content (AvgIpc) is 3.40. The van der Waals surface area contributed by atoms with E-state index in [0.717, 1.165) is 33.2 Å². The van der Waals surface area contributed by atoms with E-state index in [-0.39, 0.29) is 11.9 Å². The Balaban J connectivity index is 1.54. The first kappa shape index (κ1) is 18.9. The quantitative estimate of drug-likeness (QED) is 0.419. The van der Waals surface area contributed by atoms with Crippen molar-refractivity contribution in [3.8, 4) is 21.7 Å². The van der Waals surface area contributed by atoms with Crippen LogP contribution in [-0.2, 0) is 0 Å². The number of amides is 1. The number of rotatable bonds is 6. The van der Waals surface area contributed by atoms with Crippen LogP contribution in [0.25, 0.3) is 21.7 Å². The van der Waals surface area contributed by atoms with Gasteiger partial charge in [-0.3, -0.25) is 9.78 Å². The van der Waals surface area contributed by atoms with Gasteiger partial charge in [-0.2, -0.15) is 0 Å². The highest BCUT2D eigenvalue weighted by molar-refractivity contribution is 7.13. The summed E-state index contributed by atoms with van der Waals surface area (Å²) in [6, 6.07) is 14.0. The number of pyridine rings is 1. The van der Waals surface area contributed by atoms with Crippen molar-refractivity contribution >= 4 is 28.7 Å². The Labute approximate surface area is 173 Å². The minimum atomic E-state index is -0.126. The predicted octanol–water partition coefficient (Wildman–Crippen LogP) is 5.08. The number of thiazole rings is 1. The number of hydrogen-bond acceptors (Lipinski definition) is 5. The molecule has 146 valence electrons. The van der Waals surface area contributed by atoms with Gasteiger partial charge in [-0.1, -0.05) is 18.2 Å². The van der Waals surface area contributed by atoms with Crippen molar-refractivity contribution < 1.29 is 4.79 Å². The molecular weight excluding hydrogens is 382 g/mol. The van der Waals surface area contributed by atoms with Crippen LogP contribution < -0.4 is 10.6 Å². The van der Waals surface area contributed by atoms with Gasteiger partial charge in [0.05, 0.1) is 11.9 Å². The van der Waals surface area contributed by atoms with Gasteiger partial charge in [-0.15, -0.1) is 11.3 Å².